The van der Waals surface area contributed by atoms with Crippen LogP contribution in [0.15, 0.2) is 30.0 Å². The van der Waals surface area contributed by atoms with Crippen LogP contribution in [-0.2, 0) is 28.5 Å². The third-order valence-electron chi connectivity index (χ3n) is 11.6. The first-order chi connectivity index (χ1) is 29.8. The van der Waals surface area contributed by atoms with Crippen LogP contribution < -0.4 is 0 Å². The van der Waals surface area contributed by atoms with E-state index in [-0.39, 0.29) is 26.1 Å². The van der Waals surface area contributed by atoms with Crippen LogP contribution in [0.5, 0.6) is 0 Å². The van der Waals surface area contributed by atoms with Gasteiger partial charge < -0.3 is 39.4 Å². The number of carbonyl (C=O) groups is 2. The fourth-order valence-corrected chi connectivity index (χ4v) is 7.57. The molecule has 0 bridgehead atoms. The quantitative estimate of drug-likeness (QED) is 0.0202. The van der Waals surface area contributed by atoms with E-state index < -0.39 is 55.4 Å². The molecule has 10 heteroatoms. The molecule has 0 aromatic heterocycles. The van der Waals surface area contributed by atoms with Crippen LogP contribution in [0.2, 0.25) is 0 Å². The number of unbranched alkanes of at least 4 members (excludes halogenated alkanes) is 27. The van der Waals surface area contributed by atoms with Crippen molar-refractivity contribution in [2.24, 2.45) is 0 Å². The minimum Gasteiger partial charge on any atom is -0.462 e. The Kier molecular flexibility index (Phi) is 39.2. The molecule has 0 radical (unpaired) electrons. The summed E-state index contributed by atoms with van der Waals surface area (Å²) in [7, 11) is 0. The van der Waals surface area contributed by atoms with Crippen LogP contribution in [0.4, 0.5) is 0 Å². The zero-order valence-electron chi connectivity index (χ0n) is 39.0. The molecule has 0 aliphatic carbocycles. The first-order valence-corrected chi connectivity index (χ1v) is 25.2. The van der Waals surface area contributed by atoms with Gasteiger partial charge in [0.25, 0.3) is 0 Å². The third kappa shape index (κ3) is 33.2. The Morgan fingerprint density at radius 3 is 1.44 bits per heavy atom. The van der Waals surface area contributed by atoms with Gasteiger partial charge in [0.05, 0.1) is 13.2 Å². The molecule has 1 aliphatic heterocycles. The van der Waals surface area contributed by atoms with Crippen LogP contribution in [0.3, 0.4) is 0 Å². The molecular formula is C51H92O10. The largest absolute Gasteiger partial charge is 0.462 e. The zero-order valence-corrected chi connectivity index (χ0v) is 39.0. The van der Waals surface area contributed by atoms with Crippen LogP contribution in [0.25, 0.3) is 0 Å². The molecule has 1 heterocycles. The molecule has 0 aromatic carbocycles. The molecule has 1 fully saturated rings. The summed E-state index contributed by atoms with van der Waals surface area (Å²) in [6, 6.07) is 0. The van der Waals surface area contributed by atoms with Crippen molar-refractivity contribution >= 4 is 11.9 Å². The Balaban J connectivity index is 2.27. The van der Waals surface area contributed by atoms with Gasteiger partial charge in [0.1, 0.15) is 31.0 Å². The summed E-state index contributed by atoms with van der Waals surface area (Å²) in [6.45, 7) is 3.40. The molecule has 6 atom stereocenters. The Bertz CT molecular complexity index is 1100. The zero-order chi connectivity index (χ0) is 44.4. The second-order valence-corrected chi connectivity index (χ2v) is 17.4. The smallest absolute Gasteiger partial charge is 0.306 e. The van der Waals surface area contributed by atoms with Gasteiger partial charge in [-0.05, 0) is 76.4 Å². The van der Waals surface area contributed by atoms with Crippen LogP contribution in [0, 0.1) is 0 Å². The number of aliphatic hydroxyl groups is 4. The highest BCUT2D eigenvalue weighted by molar-refractivity contribution is 5.70. The van der Waals surface area contributed by atoms with Crippen LogP contribution in [0.1, 0.15) is 226 Å². The number of aliphatic hydroxyl groups excluding tert-OH is 4. The van der Waals surface area contributed by atoms with E-state index in [2.05, 4.69) is 43.9 Å². The van der Waals surface area contributed by atoms with E-state index in [9.17, 15) is 30.0 Å². The second-order valence-electron chi connectivity index (χ2n) is 17.4. The van der Waals surface area contributed by atoms with Crippen LogP contribution >= 0.6 is 0 Å². The molecule has 2 unspecified atom stereocenters. The molecular weight excluding hydrogens is 773 g/mol. The summed E-state index contributed by atoms with van der Waals surface area (Å²) < 4.78 is 22.2. The van der Waals surface area contributed by atoms with E-state index in [1.807, 2.05) is 0 Å². The topological polar surface area (TPSA) is 152 Å². The van der Waals surface area contributed by atoms with E-state index in [4.69, 9.17) is 18.9 Å². The Morgan fingerprint density at radius 2 is 0.967 bits per heavy atom. The lowest BCUT2D eigenvalue weighted by molar-refractivity contribution is -0.305. The van der Waals surface area contributed by atoms with Crippen molar-refractivity contribution in [1.29, 1.82) is 0 Å². The minimum absolute atomic E-state index is 0.225. The lowest BCUT2D eigenvalue weighted by Crippen LogP contribution is -2.59. The fourth-order valence-electron chi connectivity index (χ4n) is 7.57. The third-order valence-corrected chi connectivity index (χ3v) is 11.6. The summed E-state index contributed by atoms with van der Waals surface area (Å²) >= 11 is 0. The fraction of sp³-hybridized carbons (Fsp3) is 0.863. The van der Waals surface area contributed by atoms with Crippen molar-refractivity contribution in [1.82, 2.24) is 0 Å². The standard InChI is InChI=1S/C51H92O10/c1-3-5-7-9-11-13-15-17-19-20-21-22-23-24-26-28-30-32-34-36-38-40-47(54)60-44(43-59-51-50(57)49(56)48(55)45(41-52)61-51)42-58-46(53)39-37-35-33-31-29-27-25-18-16-14-12-10-8-6-4-2/h16-17,19,25,44-45,48-52,55-57H,3-15,20-24,26-43H2,1-2H3/b19-17+/t18?,44-,45-,48+,49?,50?,51-/m1/s1. The van der Waals surface area contributed by atoms with Gasteiger partial charge in [-0.1, -0.05) is 161 Å². The highest BCUT2D eigenvalue weighted by atomic mass is 16.7. The first kappa shape index (κ1) is 57.0. The number of ether oxygens (including phenoxy) is 4. The molecule has 0 saturated carbocycles. The molecule has 0 amide bonds. The average Bonchev–Trinajstić information content (AvgIpc) is 3.26. The van der Waals surface area contributed by atoms with Gasteiger partial charge >= 0.3 is 11.9 Å². The Hall–Kier alpha value is -2.04. The van der Waals surface area contributed by atoms with Crippen molar-refractivity contribution in [2.45, 2.75) is 263 Å². The molecule has 356 valence electrons. The molecule has 10 nitrogen and oxygen atoms in total. The van der Waals surface area contributed by atoms with Crippen molar-refractivity contribution in [3.63, 3.8) is 0 Å². The van der Waals surface area contributed by atoms with Crippen molar-refractivity contribution in [3.05, 3.63) is 30.0 Å². The van der Waals surface area contributed by atoms with Gasteiger partial charge in [-0.25, -0.2) is 0 Å². The molecule has 0 aromatic rings. The monoisotopic (exact) mass is 865 g/mol. The predicted molar refractivity (Wildman–Crippen MR) is 246 cm³/mol. The molecule has 1 rings (SSSR count). The molecule has 1 saturated heterocycles. The predicted octanol–water partition coefficient (Wildman–Crippen LogP) is 11.4. The SMILES string of the molecule is CCCCCCCC=C=CCCCCCCCC(=O)OC[C@H](CO[C@@H]1O[C@H](CO)[C@H](O)C(O)C1O)OC(=O)CCCCCCCCCCCCC/C=C/CCCCCCCC. The lowest BCUT2D eigenvalue weighted by atomic mass is 9.99. The van der Waals surface area contributed by atoms with E-state index >= 15 is 0 Å². The van der Waals surface area contributed by atoms with Crippen molar-refractivity contribution < 1.29 is 49.0 Å². The van der Waals surface area contributed by atoms with Gasteiger partial charge in [-0.15, -0.1) is 5.73 Å². The molecule has 61 heavy (non-hydrogen) atoms. The average molecular weight is 865 g/mol. The Morgan fingerprint density at radius 1 is 0.541 bits per heavy atom. The first-order valence-electron chi connectivity index (χ1n) is 25.2. The van der Waals surface area contributed by atoms with E-state index in [1.54, 1.807) is 0 Å². The summed E-state index contributed by atoms with van der Waals surface area (Å²) in [6.07, 6.45) is 38.2. The highest BCUT2D eigenvalue weighted by Gasteiger charge is 2.44. The summed E-state index contributed by atoms with van der Waals surface area (Å²) in [5.74, 6) is -0.821. The van der Waals surface area contributed by atoms with Gasteiger partial charge in [0.15, 0.2) is 12.4 Å². The summed E-state index contributed by atoms with van der Waals surface area (Å²) in [5, 5.41) is 40.2. The van der Waals surface area contributed by atoms with Gasteiger partial charge in [-0.2, -0.15) is 0 Å². The molecule has 4 N–H and O–H groups in total. The number of rotatable bonds is 42. The number of esters is 2. The Labute approximate surface area is 372 Å². The van der Waals surface area contributed by atoms with Crippen LogP contribution in [-0.4, -0.2) is 89.0 Å². The number of hydrogen-bond donors (Lipinski definition) is 4. The van der Waals surface area contributed by atoms with Crippen molar-refractivity contribution in [2.75, 3.05) is 19.8 Å². The maximum Gasteiger partial charge on any atom is 0.306 e. The van der Waals surface area contributed by atoms with Gasteiger partial charge in [0.2, 0.25) is 0 Å². The normalized spacial score (nSPS) is 19.5. The highest BCUT2D eigenvalue weighted by Crippen LogP contribution is 2.23. The van der Waals surface area contributed by atoms with Gasteiger partial charge in [0, 0.05) is 12.8 Å². The molecule has 0 spiro atoms. The summed E-state index contributed by atoms with van der Waals surface area (Å²) in [5.41, 5.74) is 3.30. The maximum absolute atomic E-state index is 12.8. The van der Waals surface area contributed by atoms with E-state index in [1.165, 1.54) is 128 Å². The maximum atomic E-state index is 12.8. The number of hydrogen-bond acceptors (Lipinski definition) is 10. The van der Waals surface area contributed by atoms with E-state index in [0.717, 1.165) is 57.8 Å². The van der Waals surface area contributed by atoms with E-state index in [0.29, 0.717) is 12.8 Å². The summed E-state index contributed by atoms with van der Waals surface area (Å²) in [4.78, 5) is 25.4. The number of carbonyl (C=O) groups excluding carboxylic acids is 2. The minimum atomic E-state index is -1.60. The van der Waals surface area contributed by atoms with Gasteiger partial charge in [-0.3, -0.25) is 9.59 Å². The number of allylic oxidation sites excluding steroid dienone is 3. The second kappa shape index (κ2) is 41.9. The molecule has 1 aliphatic rings. The lowest BCUT2D eigenvalue weighted by Gasteiger charge is -2.39. The van der Waals surface area contributed by atoms with Crippen molar-refractivity contribution in [3.8, 4) is 0 Å².